The molecule has 4 aromatic rings. The first-order valence-corrected chi connectivity index (χ1v) is 11.2. The van der Waals surface area contributed by atoms with Gasteiger partial charge in [0.1, 0.15) is 17.7 Å². The van der Waals surface area contributed by atoms with Gasteiger partial charge in [-0.2, -0.15) is 0 Å². The first-order chi connectivity index (χ1) is 16.1. The lowest BCUT2D eigenvalue weighted by molar-refractivity contribution is -0.138. The molecule has 0 saturated heterocycles. The van der Waals surface area contributed by atoms with Crippen LogP contribution in [-0.2, 0) is 11.2 Å². The van der Waals surface area contributed by atoms with Gasteiger partial charge in [0.05, 0.1) is 11.4 Å². The van der Waals surface area contributed by atoms with Crippen LogP contribution in [0.5, 0.6) is 5.75 Å². The quantitative estimate of drug-likeness (QED) is 0.397. The van der Waals surface area contributed by atoms with Crippen molar-refractivity contribution in [2.75, 3.05) is 0 Å². The van der Waals surface area contributed by atoms with E-state index in [0.717, 1.165) is 39.6 Å². The number of nitrogens with zero attached hydrogens (tertiary/aromatic N) is 1. The smallest absolute Gasteiger partial charge is 0.307 e. The fraction of sp³-hybridized carbons (Fsp3) is 0.214. The van der Waals surface area contributed by atoms with Crippen molar-refractivity contribution in [1.82, 2.24) is 4.98 Å². The van der Waals surface area contributed by atoms with Crippen LogP contribution in [0, 0.1) is 11.7 Å². The van der Waals surface area contributed by atoms with Gasteiger partial charge in [0, 0.05) is 17.1 Å². The van der Waals surface area contributed by atoms with Crippen molar-refractivity contribution >= 4 is 16.9 Å². The van der Waals surface area contributed by atoms with Crippen LogP contribution >= 0.6 is 0 Å². The summed E-state index contributed by atoms with van der Waals surface area (Å²) in [5.74, 6) is -0.512. The Hall–Kier alpha value is -3.73. The predicted octanol–water partition coefficient (Wildman–Crippen LogP) is 6.30. The number of halogens is 1. The molecule has 6 rings (SSSR count). The standard InChI is InChI=1S/C28H22FNO3/c29-24-11-9-18(19-13-14-30-25-4-2-1-3-20(19)25)21-10-12-26(27(21)24)33-17-7-5-16(6-8-17)22-15-23(22)28(31)32/h1-9,11,13-14,22-23,26H,10,12,15H2,(H,31,32)/t22?,23?,26-/m1/s1. The number of fused-ring (bicyclic) bond motifs is 2. The number of ether oxygens (including phenoxy) is 1. The second-order valence-corrected chi connectivity index (χ2v) is 8.86. The summed E-state index contributed by atoms with van der Waals surface area (Å²) in [6.07, 6.45) is 3.57. The van der Waals surface area contributed by atoms with Crippen LogP contribution in [0.3, 0.4) is 0 Å². The van der Waals surface area contributed by atoms with E-state index in [1.165, 1.54) is 6.07 Å². The van der Waals surface area contributed by atoms with Crippen LogP contribution in [0.1, 0.15) is 41.6 Å². The molecular formula is C28H22FNO3. The molecule has 3 aromatic carbocycles. The number of benzene rings is 3. The molecule has 1 N–H and O–H groups in total. The monoisotopic (exact) mass is 439 g/mol. The Balaban J connectivity index is 1.30. The van der Waals surface area contributed by atoms with Crippen LogP contribution in [0.2, 0.25) is 0 Å². The van der Waals surface area contributed by atoms with Gasteiger partial charge in [-0.25, -0.2) is 4.39 Å². The van der Waals surface area contributed by atoms with E-state index >= 15 is 4.39 Å². The molecule has 5 heteroatoms. The normalized spacial score (nSPS) is 21.1. The Kier molecular flexibility index (Phi) is 4.64. The number of para-hydroxylation sites is 1. The lowest BCUT2D eigenvalue weighted by Gasteiger charge is -2.17. The summed E-state index contributed by atoms with van der Waals surface area (Å²) in [6, 6.07) is 21.0. The zero-order chi connectivity index (χ0) is 22.5. The van der Waals surface area contributed by atoms with Crippen LogP contribution in [0.4, 0.5) is 4.39 Å². The number of hydrogen-bond donors (Lipinski definition) is 1. The number of rotatable bonds is 5. The van der Waals surface area contributed by atoms with Crippen molar-refractivity contribution < 1.29 is 19.0 Å². The molecule has 0 amide bonds. The van der Waals surface area contributed by atoms with E-state index in [9.17, 15) is 4.79 Å². The van der Waals surface area contributed by atoms with Crippen molar-refractivity contribution in [3.05, 3.63) is 95.4 Å². The molecule has 0 aliphatic heterocycles. The molecule has 164 valence electrons. The number of carboxylic acid groups (broad SMARTS) is 1. The fourth-order valence-electron chi connectivity index (χ4n) is 5.17. The van der Waals surface area contributed by atoms with Crippen LogP contribution in [0.25, 0.3) is 22.0 Å². The van der Waals surface area contributed by atoms with Gasteiger partial charge in [0.25, 0.3) is 0 Å². The molecule has 0 radical (unpaired) electrons. The van der Waals surface area contributed by atoms with Gasteiger partial charge in [-0.3, -0.25) is 9.78 Å². The Morgan fingerprint density at radius 2 is 1.82 bits per heavy atom. The van der Waals surface area contributed by atoms with E-state index in [0.29, 0.717) is 24.2 Å². The topological polar surface area (TPSA) is 59.4 Å². The summed E-state index contributed by atoms with van der Waals surface area (Å²) in [5, 5.41) is 10.2. The van der Waals surface area contributed by atoms with Crippen molar-refractivity contribution in [2.24, 2.45) is 5.92 Å². The minimum absolute atomic E-state index is 0.0824. The first-order valence-electron chi connectivity index (χ1n) is 11.2. The van der Waals surface area contributed by atoms with Crippen molar-refractivity contribution in [3.63, 3.8) is 0 Å². The molecular weight excluding hydrogens is 417 g/mol. The van der Waals surface area contributed by atoms with E-state index in [2.05, 4.69) is 4.98 Å². The SMILES string of the molecule is O=C(O)C1CC1c1ccc(O[C@@H]2CCc3c(-c4ccnc5ccccc45)ccc(F)c32)cc1. The van der Waals surface area contributed by atoms with Gasteiger partial charge in [-0.15, -0.1) is 0 Å². The third kappa shape index (κ3) is 3.44. The zero-order valence-electron chi connectivity index (χ0n) is 17.9. The van der Waals surface area contributed by atoms with E-state index < -0.39 is 5.97 Å². The number of aromatic nitrogens is 1. The van der Waals surface area contributed by atoms with E-state index in [1.54, 1.807) is 6.20 Å². The highest BCUT2D eigenvalue weighted by Gasteiger charge is 2.44. The van der Waals surface area contributed by atoms with Gasteiger partial charge in [-0.1, -0.05) is 36.4 Å². The zero-order valence-corrected chi connectivity index (χ0v) is 17.9. The molecule has 0 spiro atoms. The van der Waals surface area contributed by atoms with Crippen LogP contribution in [0.15, 0.2) is 72.9 Å². The third-order valence-electron chi connectivity index (χ3n) is 6.92. The summed E-state index contributed by atoms with van der Waals surface area (Å²) in [6.45, 7) is 0. The van der Waals surface area contributed by atoms with E-state index in [1.807, 2.05) is 60.7 Å². The molecule has 0 bridgehead atoms. The number of carbonyl (C=O) groups is 1. The molecule has 1 fully saturated rings. The fourth-order valence-corrected chi connectivity index (χ4v) is 5.17. The van der Waals surface area contributed by atoms with Gasteiger partial charge in [0.15, 0.2) is 0 Å². The molecule has 2 unspecified atom stereocenters. The van der Waals surface area contributed by atoms with Crippen LogP contribution < -0.4 is 4.74 Å². The summed E-state index contributed by atoms with van der Waals surface area (Å²) >= 11 is 0. The summed E-state index contributed by atoms with van der Waals surface area (Å²) in [4.78, 5) is 15.6. The average molecular weight is 439 g/mol. The molecule has 3 atom stereocenters. The van der Waals surface area contributed by atoms with Crippen LogP contribution in [-0.4, -0.2) is 16.1 Å². The Labute approximate surface area is 190 Å². The molecule has 4 nitrogen and oxygen atoms in total. The number of aliphatic carboxylic acids is 1. The first kappa shape index (κ1) is 19.9. The molecule has 2 aliphatic carbocycles. The second-order valence-electron chi connectivity index (χ2n) is 8.86. The van der Waals surface area contributed by atoms with Crippen molar-refractivity contribution in [1.29, 1.82) is 0 Å². The Morgan fingerprint density at radius 3 is 2.61 bits per heavy atom. The van der Waals surface area contributed by atoms with Gasteiger partial charge in [-0.05, 0) is 77.8 Å². The summed E-state index contributed by atoms with van der Waals surface area (Å²) < 4.78 is 21.2. The minimum atomic E-state index is -0.740. The summed E-state index contributed by atoms with van der Waals surface area (Å²) in [5.41, 5.74) is 5.64. The third-order valence-corrected chi connectivity index (χ3v) is 6.92. The highest BCUT2D eigenvalue weighted by atomic mass is 19.1. The maximum atomic E-state index is 15.0. The van der Waals surface area contributed by atoms with Crippen molar-refractivity contribution in [2.45, 2.75) is 31.3 Å². The Bertz CT molecular complexity index is 1380. The van der Waals surface area contributed by atoms with E-state index in [4.69, 9.17) is 9.84 Å². The van der Waals surface area contributed by atoms with Gasteiger partial charge >= 0.3 is 5.97 Å². The molecule has 2 aliphatic rings. The molecule has 1 aromatic heterocycles. The lowest BCUT2D eigenvalue weighted by Crippen LogP contribution is -2.06. The second kappa shape index (κ2) is 7.69. The summed E-state index contributed by atoms with van der Waals surface area (Å²) in [7, 11) is 0. The van der Waals surface area contributed by atoms with Gasteiger partial charge in [0.2, 0.25) is 0 Å². The predicted molar refractivity (Wildman–Crippen MR) is 124 cm³/mol. The lowest BCUT2D eigenvalue weighted by atomic mass is 9.94. The van der Waals surface area contributed by atoms with Crippen molar-refractivity contribution in [3.8, 4) is 16.9 Å². The highest BCUT2D eigenvalue weighted by molar-refractivity contribution is 5.95. The maximum absolute atomic E-state index is 15.0. The number of pyridine rings is 1. The average Bonchev–Trinajstić information content (AvgIpc) is 3.54. The molecule has 1 saturated carbocycles. The molecule has 33 heavy (non-hydrogen) atoms. The number of hydrogen-bond acceptors (Lipinski definition) is 3. The van der Waals surface area contributed by atoms with Gasteiger partial charge < -0.3 is 9.84 Å². The largest absolute Gasteiger partial charge is 0.486 e. The molecule has 1 heterocycles. The highest BCUT2D eigenvalue weighted by Crippen LogP contribution is 2.48. The number of carboxylic acids is 1. The maximum Gasteiger partial charge on any atom is 0.307 e. The van der Waals surface area contributed by atoms with E-state index in [-0.39, 0.29) is 23.8 Å². The Morgan fingerprint density at radius 1 is 1.00 bits per heavy atom. The minimum Gasteiger partial charge on any atom is -0.486 e.